The number of allylic oxidation sites excluding steroid dienone is 1. The Labute approximate surface area is 143 Å². The van der Waals surface area contributed by atoms with Crippen molar-refractivity contribution in [1.82, 2.24) is 0 Å². The Balaban J connectivity index is 2.27. The molecule has 23 heavy (non-hydrogen) atoms. The van der Waals surface area contributed by atoms with E-state index in [0.717, 1.165) is 22.3 Å². The minimum atomic E-state index is -0.706. The number of amidine groups is 1. The SMILES string of the molecule is C=CC(=C)CC1(c2ccc(F)c(Br)c2)N=C(N)c2ccccc21. The second-order valence-electron chi connectivity index (χ2n) is 5.57. The van der Waals surface area contributed by atoms with Crippen molar-refractivity contribution in [2.24, 2.45) is 10.7 Å². The summed E-state index contributed by atoms with van der Waals surface area (Å²) in [6, 6.07) is 12.8. The molecule has 2 N–H and O–H groups in total. The summed E-state index contributed by atoms with van der Waals surface area (Å²) in [6.07, 6.45) is 2.25. The summed E-state index contributed by atoms with van der Waals surface area (Å²) in [5, 5.41) is 0. The predicted molar refractivity (Wildman–Crippen MR) is 96.0 cm³/mol. The van der Waals surface area contributed by atoms with Gasteiger partial charge in [-0.1, -0.05) is 55.1 Å². The molecule has 0 saturated carbocycles. The van der Waals surface area contributed by atoms with Crippen molar-refractivity contribution < 1.29 is 4.39 Å². The molecule has 0 saturated heterocycles. The minimum Gasteiger partial charge on any atom is -0.383 e. The number of nitrogens with two attached hydrogens (primary N) is 1. The number of hydrogen-bond donors (Lipinski definition) is 1. The lowest BCUT2D eigenvalue weighted by Gasteiger charge is -2.29. The van der Waals surface area contributed by atoms with E-state index in [2.05, 4.69) is 29.1 Å². The van der Waals surface area contributed by atoms with Gasteiger partial charge in [-0.3, -0.25) is 4.99 Å². The van der Waals surface area contributed by atoms with Crippen LogP contribution in [0.1, 0.15) is 23.1 Å². The first-order chi connectivity index (χ1) is 11.0. The lowest BCUT2D eigenvalue weighted by molar-refractivity contribution is 0.549. The topological polar surface area (TPSA) is 38.4 Å². The van der Waals surface area contributed by atoms with Crippen LogP contribution in [0.25, 0.3) is 0 Å². The molecule has 0 spiro atoms. The van der Waals surface area contributed by atoms with Crippen LogP contribution < -0.4 is 5.73 Å². The van der Waals surface area contributed by atoms with Gasteiger partial charge >= 0.3 is 0 Å². The predicted octanol–water partition coefficient (Wildman–Crippen LogP) is 4.68. The zero-order valence-corrected chi connectivity index (χ0v) is 14.1. The largest absolute Gasteiger partial charge is 0.383 e. The molecule has 1 heterocycles. The summed E-state index contributed by atoms with van der Waals surface area (Å²) in [5.74, 6) is 0.174. The van der Waals surface area contributed by atoms with E-state index in [1.54, 1.807) is 18.2 Å². The maximum absolute atomic E-state index is 13.7. The van der Waals surface area contributed by atoms with E-state index in [-0.39, 0.29) is 5.82 Å². The highest BCUT2D eigenvalue weighted by Gasteiger charge is 2.41. The zero-order valence-electron chi connectivity index (χ0n) is 12.5. The smallest absolute Gasteiger partial charge is 0.137 e. The van der Waals surface area contributed by atoms with Gasteiger partial charge in [0.05, 0.1) is 4.47 Å². The van der Waals surface area contributed by atoms with Crippen LogP contribution in [0, 0.1) is 5.82 Å². The Bertz CT molecular complexity index is 841. The molecule has 3 rings (SSSR count). The first-order valence-corrected chi connectivity index (χ1v) is 7.98. The molecule has 0 radical (unpaired) electrons. The van der Waals surface area contributed by atoms with Crippen LogP contribution >= 0.6 is 15.9 Å². The Morgan fingerprint density at radius 3 is 2.74 bits per heavy atom. The fraction of sp³-hybridized carbons (Fsp3) is 0.105. The van der Waals surface area contributed by atoms with E-state index >= 15 is 0 Å². The minimum absolute atomic E-state index is 0.310. The fourth-order valence-electron chi connectivity index (χ4n) is 3.00. The molecule has 1 atom stereocenters. The maximum atomic E-state index is 13.7. The van der Waals surface area contributed by atoms with Crippen molar-refractivity contribution in [3.8, 4) is 0 Å². The van der Waals surface area contributed by atoms with Gasteiger partial charge in [-0.25, -0.2) is 4.39 Å². The first-order valence-electron chi connectivity index (χ1n) is 7.19. The summed E-state index contributed by atoms with van der Waals surface area (Å²) in [4.78, 5) is 4.76. The normalized spacial score (nSPS) is 19.1. The second-order valence-corrected chi connectivity index (χ2v) is 6.43. The summed E-state index contributed by atoms with van der Waals surface area (Å²) >= 11 is 3.26. The molecular weight excluding hydrogens is 355 g/mol. The third-order valence-corrected chi connectivity index (χ3v) is 4.74. The number of nitrogens with zero attached hydrogens (tertiary/aromatic N) is 1. The lowest BCUT2D eigenvalue weighted by atomic mass is 9.78. The van der Waals surface area contributed by atoms with Gasteiger partial charge < -0.3 is 5.73 Å². The Hall–Kier alpha value is -2.20. The molecule has 2 aromatic rings. The first kappa shape index (κ1) is 15.7. The van der Waals surface area contributed by atoms with Crippen LogP contribution in [-0.4, -0.2) is 5.84 Å². The van der Waals surface area contributed by atoms with Gasteiger partial charge in [0.25, 0.3) is 0 Å². The standard InChI is InChI=1S/C19H16BrFN2/c1-3-12(2)11-19(13-8-9-17(21)16(20)10-13)15-7-5-4-6-14(15)18(22)23-19/h3-10H,1-2,11H2,(H2,22,23). The molecule has 1 aliphatic heterocycles. The van der Waals surface area contributed by atoms with Gasteiger partial charge in [0, 0.05) is 12.0 Å². The average molecular weight is 371 g/mol. The Morgan fingerprint density at radius 2 is 2.04 bits per heavy atom. The molecule has 0 bridgehead atoms. The molecule has 0 aromatic heterocycles. The molecule has 2 aromatic carbocycles. The van der Waals surface area contributed by atoms with E-state index < -0.39 is 5.54 Å². The number of hydrogen-bond acceptors (Lipinski definition) is 2. The molecule has 1 unspecified atom stereocenters. The van der Waals surface area contributed by atoms with E-state index in [1.807, 2.05) is 24.3 Å². The van der Waals surface area contributed by atoms with Gasteiger partial charge in [-0.15, -0.1) is 0 Å². The van der Waals surface area contributed by atoms with Gasteiger partial charge in [0.15, 0.2) is 0 Å². The van der Waals surface area contributed by atoms with Crippen molar-refractivity contribution in [3.05, 3.63) is 94.3 Å². The highest BCUT2D eigenvalue weighted by atomic mass is 79.9. The highest BCUT2D eigenvalue weighted by molar-refractivity contribution is 9.10. The zero-order chi connectivity index (χ0) is 16.6. The third kappa shape index (κ3) is 2.53. The average Bonchev–Trinajstić information content (AvgIpc) is 2.84. The van der Waals surface area contributed by atoms with E-state index in [9.17, 15) is 4.39 Å². The van der Waals surface area contributed by atoms with Crippen LogP contribution in [0.2, 0.25) is 0 Å². The molecule has 116 valence electrons. The quantitative estimate of drug-likeness (QED) is 0.779. The monoisotopic (exact) mass is 370 g/mol. The molecule has 1 aliphatic rings. The van der Waals surface area contributed by atoms with Gasteiger partial charge in [0.1, 0.15) is 17.2 Å². The summed E-state index contributed by atoms with van der Waals surface area (Å²) in [6.45, 7) is 7.82. The van der Waals surface area contributed by atoms with E-state index in [4.69, 9.17) is 10.7 Å². The lowest BCUT2D eigenvalue weighted by Crippen LogP contribution is -2.24. The maximum Gasteiger partial charge on any atom is 0.137 e. The molecular formula is C19H16BrFN2. The van der Waals surface area contributed by atoms with Crippen LogP contribution in [0.5, 0.6) is 0 Å². The van der Waals surface area contributed by atoms with E-state index in [0.29, 0.717) is 16.7 Å². The summed E-state index contributed by atoms with van der Waals surface area (Å²) in [5.41, 5.74) is 9.06. The number of halogens is 2. The van der Waals surface area contributed by atoms with Gasteiger partial charge in [0.2, 0.25) is 0 Å². The summed E-state index contributed by atoms with van der Waals surface area (Å²) in [7, 11) is 0. The molecule has 0 amide bonds. The number of fused-ring (bicyclic) bond motifs is 1. The van der Waals surface area contributed by atoms with Crippen molar-refractivity contribution >= 4 is 21.8 Å². The van der Waals surface area contributed by atoms with Crippen LogP contribution in [0.4, 0.5) is 4.39 Å². The number of rotatable bonds is 4. The second kappa shape index (κ2) is 5.78. The highest BCUT2D eigenvalue weighted by Crippen LogP contribution is 2.45. The fourth-order valence-corrected chi connectivity index (χ4v) is 3.38. The van der Waals surface area contributed by atoms with Crippen LogP contribution in [-0.2, 0) is 5.54 Å². The Morgan fingerprint density at radius 1 is 1.30 bits per heavy atom. The van der Waals surface area contributed by atoms with Gasteiger partial charge in [-0.05, 0) is 39.2 Å². The Kier molecular flexibility index (Phi) is 3.94. The number of aliphatic imine (C=N–C) groups is 1. The number of benzene rings is 2. The molecule has 2 nitrogen and oxygen atoms in total. The van der Waals surface area contributed by atoms with Crippen molar-refractivity contribution in [1.29, 1.82) is 0 Å². The summed E-state index contributed by atoms with van der Waals surface area (Å²) < 4.78 is 14.1. The van der Waals surface area contributed by atoms with Crippen molar-refractivity contribution in [3.63, 3.8) is 0 Å². The molecule has 4 heteroatoms. The van der Waals surface area contributed by atoms with Crippen LogP contribution in [0.3, 0.4) is 0 Å². The van der Waals surface area contributed by atoms with Crippen LogP contribution in [0.15, 0.2) is 76.7 Å². The van der Waals surface area contributed by atoms with Gasteiger partial charge in [-0.2, -0.15) is 0 Å². The molecule has 0 aliphatic carbocycles. The van der Waals surface area contributed by atoms with Crippen molar-refractivity contribution in [2.75, 3.05) is 0 Å². The third-order valence-electron chi connectivity index (χ3n) is 4.13. The molecule has 0 fully saturated rings. The van der Waals surface area contributed by atoms with Crippen molar-refractivity contribution in [2.45, 2.75) is 12.0 Å². The van der Waals surface area contributed by atoms with E-state index in [1.165, 1.54) is 6.07 Å².